The smallest absolute Gasteiger partial charge is 0.419 e. The Bertz CT molecular complexity index is 1040. The van der Waals surface area contributed by atoms with Crippen LogP contribution < -0.4 is 27.3 Å². The molecule has 0 aliphatic carbocycles. The molecule has 53 heavy (non-hydrogen) atoms. The minimum Gasteiger partial charge on any atom is -0.419 e. The maximum absolute atomic E-state index is 10.4. The lowest BCUT2D eigenvalue weighted by Crippen LogP contribution is -2.66. The largest absolute Gasteiger partial charge is 0.506 e. The average Bonchev–Trinajstić information content (AvgIpc) is 3.08. The normalized spacial score (nSPS) is 17.5. The molecule has 0 saturated carbocycles. The molecule has 7 unspecified atom stereocenters. The van der Waals surface area contributed by atoms with Crippen LogP contribution in [0.3, 0.4) is 0 Å². The Morgan fingerprint density at radius 1 is 0.698 bits per heavy atom. The highest BCUT2D eigenvalue weighted by molar-refractivity contribution is 6.92. The number of nitrogens with one attached hydrogen (secondary N) is 2. The number of hydrogen-bond donors (Lipinski definition) is 6. The van der Waals surface area contributed by atoms with Crippen molar-refractivity contribution in [3.63, 3.8) is 0 Å². The highest BCUT2D eigenvalue weighted by Gasteiger charge is 2.51. The van der Waals surface area contributed by atoms with E-state index in [4.69, 9.17) is 47.2 Å². The predicted molar refractivity (Wildman–Crippen MR) is 222 cm³/mol. The summed E-state index contributed by atoms with van der Waals surface area (Å²) in [5.74, 6) is 0. The van der Waals surface area contributed by atoms with E-state index in [2.05, 4.69) is 23.7 Å². The van der Waals surface area contributed by atoms with Gasteiger partial charge in [-0.15, -0.1) is 0 Å². The lowest BCUT2D eigenvalue weighted by atomic mass is 10.3. The van der Waals surface area contributed by atoms with Gasteiger partial charge in [-0.05, 0) is 78.8 Å². The molecule has 0 aliphatic heterocycles. The Morgan fingerprint density at radius 3 is 1.70 bits per heavy atom. The number of aliphatic hydroxyl groups excluding tert-OH is 2. The van der Waals surface area contributed by atoms with Gasteiger partial charge in [0.25, 0.3) is 0 Å². The molecule has 0 heterocycles. The Hall–Kier alpha value is -0.472. The first kappa shape index (κ1) is 50.5. The van der Waals surface area contributed by atoms with Gasteiger partial charge >= 0.3 is 17.4 Å². The molecule has 0 fully saturated rings. The molecular weight excluding hydrogens is 749 g/mol. The van der Waals surface area contributed by atoms with E-state index >= 15 is 0 Å². The van der Waals surface area contributed by atoms with Gasteiger partial charge in [-0.2, -0.15) is 0 Å². The quantitative estimate of drug-likeness (QED) is 0.0429. The van der Waals surface area contributed by atoms with Crippen molar-refractivity contribution in [1.82, 2.24) is 10.6 Å². The summed E-state index contributed by atoms with van der Waals surface area (Å²) in [6, 6.07) is 12.0. The zero-order valence-electron chi connectivity index (χ0n) is 34.3. The third kappa shape index (κ3) is 25.4. The number of benzene rings is 1. The monoisotopic (exact) mass is 824 g/mol. The molecule has 14 nitrogen and oxygen atoms in total. The van der Waals surface area contributed by atoms with Crippen LogP contribution >= 0.6 is 0 Å². The molecule has 0 amide bonds. The third-order valence-electron chi connectivity index (χ3n) is 7.97. The van der Waals surface area contributed by atoms with Crippen molar-refractivity contribution in [3.05, 3.63) is 30.3 Å². The number of rotatable bonds is 34. The summed E-state index contributed by atoms with van der Waals surface area (Å²) in [7, 11) is -7.67. The minimum atomic E-state index is -3.36. The first-order chi connectivity index (χ1) is 25.0. The first-order valence-corrected chi connectivity index (χ1v) is 28.5. The molecule has 1 aromatic rings. The van der Waals surface area contributed by atoms with Crippen molar-refractivity contribution in [2.24, 2.45) is 11.5 Å². The number of nitrogens with two attached hydrogens (primary N) is 2. The topological polar surface area (TPSA) is 190 Å². The SMILES string of the molecule is CO[Si](C)(C)O[Si](O[SiH2]CCCOCC(O)CNC(C)COCC(C)N)(O[Si](C)(C)CCCOCC(O)CNC(C)COCC(C)N)c1ccccc1. The van der Waals surface area contributed by atoms with E-state index in [1.54, 1.807) is 7.11 Å². The molecule has 0 aromatic heterocycles. The van der Waals surface area contributed by atoms with Crippen molar-refractivity contribution in [2.45, 2.75) is 115 Å². The number of hydrogen-bond acceptors (Lipinski definition) is 14. The fourth-order valence-electron chi connectivity index (χ4n) is 5.03. The van der Waals surface area contributed by atoms with E-state index in [1.807, 2.05) is 71.1 Å². The maximum Gasteiger partial charge on any atom is 0.506 e. The van der Waals surface area contributed by atoms with Gasteiger partial charge in [0.15, 0.2) is 18.1 Å². The lowest BCUT2D eigenvalue weighted by molar-refractivity contribution is 0.0328. The van der Waals surface area contributed by atoms with Gasteiger partial charge in [0.2, 0.25) is 0 Å². The van der Waals surface area contributed by atoms with Crippen molar-refractivity contribution in [1.29, 1.82) is 0 Å². The lowest BCUT2D eigenvalue weighted by Gasteiger charge is -2.41. The van der Waals surface area contributed by atoms with E-state index < -0.39 is 47.7 Å². The molecule has 1 rings (SSSR count). The van der Waals surface area contributed by atoms with Gasteiger partial charge in [0, 0.05) is 62.8 Å². The molecule has 0 spiro atoms. The molecule has 0 bridgehead atoms. The molecule has 312 valence electrons. The third-order valence-corrected chi connectivity index (χ3v) is 21.0. The van der Waals surface area contributed by atoms with Crippen LogP contribution in [-0.4, -0.2) is 155 Å². The summed E-state index contributed by atoms with van der Waals surface area (Å²) >= 11 is 0. The van der Waals surface area contributed by atoms with Crippen molar-refractivity contribution in [2.75, 3.05) is 73.1 Å². The van der Waals surface area contributed by atoms with Crippen LogP contribution in [0.15, 0.2) is 30.3 Å². The van der Waals surface area contributed by atoms with Gasteiger partial charge in [0.1, 0.15) is 0 Å². The van der Waals surface area contributed by atoms with Crippen LogP contribution in [0.4, 0.5) is 0 Å². The number of ether oxygens (including phenoxy) is 4. The van der Waals surface area contributed by atoms with Crippen LogP contribution in [0.1, 0.15) is 40.5 Å². The summed E-state index contributed by atoms with van der Waals surface area (Å²) < 4.78 is 49.5. The fourth-order valence-corrected chi connectivity index (χ4v) is 18.6. The van der Waals surface area contributed by atoms with Crippen molar-refractivity contribution in [3.8, 4) is 0 Å². The molecule has 8 N–H and O–H groups in total. The summed E-state index contributed by atoms with van der Waals surface area (Å²) in [5.41, 5.74) is 11.5. The summed E-state index contributed by atoms with van der Waals surface area (Å²) in [4.78, 5) is 0. The molecule has 0 radical (unpaired) electrons. The van der Waals surface area contributed by atoms with Crippen LogP contribution in [0.2, 0.25) is 38.3 Å². The van der Waals surface area contributed by atoms with Crippen molar-refractivity contribution >= 4 is 40.6 Å². The number of aliphatic hydroxyl groups is 2. The highest BCUT2D eigenvalue weighted by atomic mass is 28.5. The Balaban J connectivity index is 2.66. The standard InChI is InChI=1S/C35H76N4O10Si4/c1-29(36)23-45-25-31(3)38-21-33(40)27-43-17-13-19-50-47-53(49-52(8,9)42-5,35-15-11-10-12-16-35)48-51(6,7)20-14-18-44-28-34(41)22-39-32(4)26-46-24-30(2)37/h10-12,15-16,29-34,38-41H,13-14,17-28,36-37,50H2,1-9H3. The van der Waals surface area contributed by atoms with Crippen LogP contribution in [0, 0.1) is 0 Å². The summed E-state index contributed by atoms with van der Waals surface area (Å²) in [5, 5.41) is 28.2. The van der Waals surface area contributed by atoms with Gasteiger partial charge in [-0.3, -0.25) is 0 Å². The van der Waals surface area contributed by atoms with Gasteiger partial charge in [-0.1, -0.05) is 30.3 Å². The first-order valence-electron chi connectivity index (χ1n) is 19.3. The fraction of sp³-hybridized carbons (Fsp3) is 0.829. The Kier molecular flexibility index (Phi) is 26.7. The molecule has 18 heteroatoms. The second-order valence-corrected chi connectivity index (χ2v) is 28.1. The second-order valence-electron chi connectivity index (χ2n) is 15.3. The van der Waals surface area contributed by atoms with E-state index in [9.17, 15) is 10.2 Å². The molecule has 1 aromatic carbocycles. The van der Waals surface area contributed by atoms with E-state index in [0.29, 0.717) is 52.7 Å². The van der Waals surface area contributed by atoms with E-state index in [1.165, 1.54) is 0 Å². The molecule has 0 aliphatic rings. The van der Waals surface area contributed by atoms with Gasteiger partial charge < -0.3 is 68.0 Å². The van der Waals surface area contributed by atoms with Crippen molar-refractivity contribution < 1.29 is 45.9 Å². The summed E-state index contributed by atoms with van der Waals surface area (Å²) in [6.07, 6.45) is 0.390. The molecule has 7 atom stereocenters. The van der Waals surface area contributed by atoms with Gasteiger partial charge in [-0.25, -0.2) is 0 Å². The predicted octanol–water partition coefficient (Wildman–Crippen LogP) is 1.16. The Morgan fingerprint density at radius 2 is 1.21 bits per heavy atom. The van der Waals surface area contributed by atoms with Crippen LogP contribution in [0.5, 0.6) is 0 Å². The van der Waals surface area contributed by atoms with E-state index in [-0.39, 0.29) is 37.4 Å². The zero-order chi connectivity index (χ0) is 39.8. The average molecular weight is 825 g/mol. The second kappa shape index (κ2) is 28.0. The molecule has 0 saturated heterocycles. The maximum atomic E-state index is 10.4. The highest BCUT2D eigenvalue weighted by Crippen LogP contribution is 2.26. The minimum absolute atomic E-state index is 0.00179. The zero-order valence-corrected chi connectivity index (χ0v) is 38.7. The van der Waals surface area contributed by atoms with Crippen LogP contribution in [0.25, 0.3) is 0 Å². The van der Waals surface area contributed by atoms with Crippen LogP contribution in [-0.2, 0) is 35.7 Å². The molecular formula is C35H76N4O10Si4. The van der Waals surface area contributed by atoms with E-state index in [0.717, 1.165) is 30.1 Å². The Labute approximate surface area is 326 Å². The van der Waals surface area contributed by atoms with Gasteiger partial charge in [0.05, 0.1) is 51.8 Å². The summed E-state index contributed by atoms with van der Waals surface area (Å²) in [6.45, 7) is 20.8.